The SMILES string of the molecule is O=S(=O)(Cl)Cc1c(O)c(Cl)cc(O)c1F. The maximum Gasteiger partial charge on any atom is 0.237 e. The van der Waals surface area contributed by atoms with Gasteiger partial charge in [-0.15, -0.1) is 0 Å². The van der Waals surface area contributed by atoms with Crippen LogP contribution in [0.5, 0.6) is 11.5 Å². The molecule has 2 N–H and O–H groups in total. The molecular weight excluding hydrogens is 270 g/mol. The van der Waals surface area contributed by atoms with E-state index < -0.39 is 37.7 Å². The van der Waals surface area contributed by atoms with E-state index in [-0.39, 0.29) is 5.02 Å². The molecule has 1 aromatic rings. The largest absolute Gasteiger partial charge is 0.506 e. The Morgan fingerprint density at radius 2 is 1.93 bits per heavy atom. The van der Waals surface area contributed by atoms with Crippen LogP contribution in [0.1, 0.15) is 5.56 Å². The van der Waals surface area contributed by atoms with Crippen molar-refractivity contribution in [2.24, 2.45) is 0 Å². The highest BCUT2D eigenvalue weighted by Gasteiger charge is 2.21. The molecule has 0 heterocycles. The zero-order valence-electron chi connectivity index (χ0n) is 7.04. The minimum Gasteiger partial charge on any atom is -0.506 e. The van der Waals surface area contributed by atoms with Gasteiger partial charge in [0.25, 0.3) is 0 Å². The fourth-order valence-electron chi connectivity index (χ4n) is 0.959. The molecule has 8 heteroatoms. The van der Waals surface area contributed by atoms with Gasteiger partial charge in [-0.1, -0.05) is 11.6 Å². The third-order valence-electron chi connectivity index (χ3n) is 1.58. The zero-order chi connectivity index (χ0) is 11.8. The summed E-state index contributed by atoms with van der Waals surface area (Å²) in [6.07, 6.45) is 0. The van der Waals surface area contributed by atoms with Crippen LogP contribution in [-0.2, 0) is 14.8 Å². The molecule has 0 aromatic heterocycles. The first-order valence-corrected chi connectivity index (χ1v) is 6.39. The van der Waals surface area contributed by atoms with Gasteiger partial charge in [0.15, 0.2) is 11.6 Å². The molecule has 4 nitrogen and oxygen atoms in total. The molecular formula is C7H5Cl2FO4S. The predicted octanol–water partition coefficient (Wildman–Crippen LogP) is 1.96. The lowest BCUT2D eigenvalue weighted by Gasteiger charge is -2.07. The van der Waals surface area contributed by atoms with Crippen molar-refractivity contribution in [1.29, 1.82) is 0 Å². The molecule has 0 radical (unpaired) electrons. The van der Waals surface area contributed by atoms with E-state index in [1.807, 2.05) is 0 Å². The summed E-state index contributed by atoms with van der Waals surface area (Å²) in [7, 11) is 0.833. The van der Waals surface area contributed by atoms with Gasteiger partial charge >= 0.3 is 0 Å². The van der Waals surface area contributed by atoms with Gasteiger partial charge in [0.05, 0.1) is 16.3 Å². The number of phenols is 2. The van der Waals surface area contributed by atoms with Crippen LogP contribution in [0.25, 0.3) is 0 Å². The van der Waals surface area contributed by atoms with Crippen molar-refractivity contribution < 1.29 is 23.0 Å². The van der Waals surface area contributed by atoms with Gasteiger partial charge < -0.3 is 10.2 Å². The zero-order valence-corrected chi connectivity index (χ0v) is 9.37. The molecule has 0 atom stereocenters. The van der Waals surface area contributed by atoms with E-state index >= 15 is 0 Å². The van der Waals surface area contributed by atoms with E-state index in [0.29, 0.717) is 0 Å². The molecule has 15 heavy (non-hydrogen) atoms. The third-order valence-corrected chi connectivity index (χ3v) is 2.83. The standard InChI is InChI=1S/C7H5Cl2FO4S/c8-4-1-5(11)6(10)3(7(4)12)2-15(9,13)14/h1,11-12H,2H2. The van der Waals surface area contributed by atoms with Crippen LogP contribution in [0.15, 0.2) is 6.07 Å². The Hall–Kier alpha value is -0.720. The summed E-state index contributed by atoms with van der Waals surface area (Å²) in [6.45, 7) is 0. The number of hydrogen-bond acceptors (Lipinski definition) is 4. The predicted molar refractivity (Wildman–Crippen MR) is 53.2 cm³/mol. The lowest BCUT2D eigenvalue weighted by molar-refractivity contribution is 0.416. The minimum absolute atomic E-state index is 0.357. The molecule has 1 aromatic carbocycles. The van der Waals surface area contributed by atoms with Crippen molar-refractivity contribution in [3.8, 4) is 11.5 Å². The first kappa shape index (κ1) is 12.4. The summed E-state index contributed by atoms with van der Waals surface area (Å²) >= 11 is 5.41. The molecule has 0 aliphatic carbocycles. The van der Waals surface area contributed by atoms with Crippen LogP contribution in [0.4, 0.5) is 4.39 Å². The van der Waals surface area contributed by atoms with E-state index in [0.717, 1.165) is 6.07 Å². The third kappa shape index (κ3) is 2.87. The number of hydrogen-bond donors (Lipinski definition) is 2. The second kappa shape index (κ2) is 4.03. The van der Waals surface area contributed by atoms with Gasteiger partial charge in [0, 0.05) is 16.7 Å². The van der Waals surface area contributed by atoms with Gasteiger partial charge in [-0.3, -0.25) is 0 Å². The van der Waals surface area contributed by atoms with E-state index in [2.05, 4.69) is 0 Å². The first-order chi connectivity index (χ1) is 6.72. The number of halogens is 3. The molecule has 0 amide bonds. The Balaban J connectivity index is 3.40. The monoisotopic (exact) mass is 274 g/mol. The van der Waals surface area contributed by atoms with E-state index in [1.165, 1.54) is 0 Å². The van der Waals surface area contributed by atoms with Crippen molar-refractivity contribution in [2.75, 3.05) is 0 Å². The molecule has 84 valence electrons. The van der Waals surface area contributed by atoms with Gasteiger partial charge in [-0.2, -0.15) is 0 Å². The molecule has 0 saturated heterocycles. The van der Waals surface area contributed by atoms with Gasteiger partial charge in [-0.05, 0) is 0 Å². The minimum atomic E-state index is -4.05. The van der Waals surface area contributed by atoms with Crippen LogP contribution in [-0.4, -0.2) is 18.6 Å². The Kier molecular flexibility index (Phi) is 3.32. The highest BCUT2D eigenvalue weighted by Crippen LogP contribution is 2.36. The highest BCUT2D eigenvalue weighted by atomic mass is 35.7. The average Bonchev–Trinajstić information content (AvgIpc) is 2.08. The highest BCUT2D eigenvalue weighted by molar-refractivity contribution is 8.13. The Morgan fingerprint density at radius 3 is 2.40 bits per heavy atom. The van der Waals surface area contributed by atoms with Gasteiger partial charge in [0.2, 0.25) is 9.05 Å². The first-order valence-electron chi connectivity index (χ1n) is 3.53. The quantitative estimate of drug-likeness (QED) is 0.639. The lowest BCUT2D eigenvalue weighted by Crippen LogP contribution is -1.99. The Labute approximate surface area is 94.3 Å². The molecule has 0 spiro atoms. The number of benzene rings is 1. The normalized spacial score (nSPS) is 11.7. The second-order valence-corrected chi connectivity index (χ2v) is 5.89. The number of rotatable bonds is 2. The molecule has 0 aliphatic rings. The van der Waals surface area contributed by atoms with Crippen molar-refractivity contribution >= 4 is 31.3 Å². The summed E-state index contributed by atoms with van der Waals surface area (Å²) < 4.78 is 34.6. The summed E-state index contributed by atoms with van der Waals surface area (Å²) in [6, 6.07) is 0.760. The topological polar surface area (TPSA) is 74.6 Å². The summed E-state index contributed by atoms with van der Waals surface area (Å²) in [5.74, 6) is -3.83. The molecule has 0 fully saturated rings. The summed E-state index contributed by atoms with van der Waals surface area (Å²) in [4.78, 5) is 0. The van der Waals surface area contributed by atoms with Crippen LogP contribution in [0, 0.1) is 5.82 Å². The number of aromatic hydroxyl groups is 2. The number of phenolic OH excluding ortho intramolecular Hbond substituents is 2. The Morgan fingerprint density at radius 1 is 1.40 bits per heavy atom. The van der Waals surface area contributed by atoms with Crippen molar-refractivity contribution in [1.82, 2.24) is 0 Å². The van der Waals surface area contributed by atoms with Crippen LogP contribution in [0.2, 0.25) is 5.02 Å². The second-order valence-electron chi connectivity index (χ2n) is 2.70. The van der Waals surface area contributed by atoms with Gasteiger partial charge in [-0.25, -0.2) is 12.8 Å². The van der Waals surface area contributed by atoms with Crippen LogP contribution >= 0.6 is 22.3 Å². The van der Waals surface area contributed by atoms with Crippen molar-refractivity contribution in [3.05, 3.63) is 22.5 Å². The van der Waals surface area contributed by atoms with Crippen molar-refractivity contribution in [3.63, 3.8) is 0 Å². The van der Waals surface area contributed by atoms with E-state index in [1.54, 1.807) is 0 Å². The maximum absolute atomic E-state index is 13.2. The Bertz CT molecular complexity index is 474. The van der Waals surface area contributed by atoms with Gasteiger partial charge in [0.1, 0.15) is 5.75 Å². The lowest BCUT2D eigenvalue weighted by atomic mass is 10.2. The average molecular weight is 275 g/mol. The maximum atomic E-state index is 13.2. The molecule has 0 unspecified atom stereocenters. The van der Waals surface area contributed by atoms with E-state index in [9.17, 15) is 17.9 Å². The van der Waals surface area contributed by atoms with Crippen molar-refractivity contribution in [2.45, 2.75) is 5.75 Å². The van der Waals surface area contributed by atoms with E-state index in [4.69, 9.17) is 27.4 Å². The molecule has 0 bridgehead atoms. The summed E-state index contributed by atoms with van der Waals surface area (Å²) in [5, 5.41) is 17.9. The molecule has 0 saturated carbocycles. The fourth-order valence-corrected chi connectivity index (χ4v) is 2.11. The van der Waals surface area contributed by atoms with Crippen LogP contribution < -0.4 is 0 Å². The molecule has 0 aliphatic heterocycles. The fraction of sp³-hybridized carbons (Fsp3) is 0.143. The molecule has 1 rings (SSSR count). The smallest absolute Gasteiger partial charge is 0.237 e. The van der Waals surface area contributed by atoms with Crippen LogP contribution in [0.3, 0.4) is 0 Å². The summed E-state index contributed by atoms with van der Waals surface area (Å²) in [5.41, 5.74) is -0.657.